The molecule has 0 bridgehead atoms. The number of carbonyl (C=O) groups is 1. The van der Waals surface area contributed by atoms with Gasteiger partial charge in [0, 0.05) is 6.66 Å². The minimum Gasteiger partial charge on any atom is -0.483 e. The highest BCUT2D eigenvalue weighted by molar-refractivity contribution is 7.52. The summed E-state index contributed by atoms with van der Waals surface area (Å²) < 4.78 is 26.4. The van der Waals surface area contributed by atoms with E-state index in [1.54, 1.807) is 13.8 Å². The van der Waals surface area contributed by atoms with Gasteiger partial charge < -0.3 is 9.63 Å². The highest BCUT2D eigenvalue weighted by atomic mass is 31.2. The molecule has 0 aromatic carbocycles. The van der Waals surface area contributed by atoms with Crippen LogP contribution in [0.15, 0.2) is 0 Å². The molecule has 0 amide bonds. The lowest BCUT2D eigenvalue weighted by Crippen LogP contribution is -1.96. The van der Waals surface area contributed by atoms with E-state index < -0.39 is 7.68 Å². The van der Waals surface area contributed by atoms with E-state index in [9.17, 15) is 8.76 Å². The van der Waals surface area contributed by atoms with Gasteiger partial charge in [-0.15, -0.1) is 0 Å². The maximum atomic E-state index is 12.0. The third-order valence-corrected chi connectivity index (χ3v) is 1.20. The summed E-state index contributed by atoms with van der Waals surface area (Å²) in [5.74, 6) is 0. The molecule has 0 saturated carbocycles. The Morgan fingerprint density at radius 3 is 1.91 bits per heavy atom. The van der Waals surface area contributed by atoms with Crippen LogP contribution in [0, 0.1) is 0 Å². The van der Waals surface area contributed by atoms with Gasteiger partial charge in [-0.25, -0.2) is 0 Å². The summed E-state index contributed by atoms with van der Waals surface area (Å²) in [6, 6.07) is 0. The highest BCUT2D eigenvalue weighted by Crippen LogP contribution is 2.44. The predicted molar refractivity (Wildman–Crippen MR) is 39.6 cm³/mol. The Morgan fingerprint density at radius 2 is 1.91 bits per heavy atom. The zero-order valence-electron chi connectivity index (χ0n) is 6.65. The molecule has 0 heterocycles. The van der Waals surface area contributed by atoms with Crippen molar-refractivity contribution < 1.29 is 23.2 Å². The SMILES string of the molecule is CC(C)OP(C)(=O)F.O=CO. The second kappa shape index (κ2) is 6.31. The molecule has 0 saturated heterocycles. The molecule has 1 atom stereocenters. The minimum absolute atomic E-state index is 0.250. The van der Waals surface area contributed by atoms with E-state index in [4.69, 9.17) is 9.90 Å². The third kappa shape index (κ3) is 26.2. The zero-order valence-corrected chi connectivity index (χ0v) is 7.55. The summed E-state index contributed by atoms with van der Waals surface area (Å²) in [6.45, 7) is 3.97. The average molecular weight is 186 g/mol. The first-order valence-electron chi connectivity index (χ1n) is 2.87. The lowest BCUT2D eigenvalue weighted by atomic mass is 10.5. The molecule has 0 aliphatic heterocycles. The van der Waals surface area contributed by atoms with Gasteiger partial charge in [0.1, 0.15) is 0 Å². The van der Waals surface area contributed by atoms with E-state index in [1.165, 1.54) is 0 Å². The van der Waals surface area contributed by atoms with E-state index >= 15 is 0 Å². The lowest BCUT2D eigenvalue weighted by Gasteiger charge is -2.06. The van der Waals surface area contributed by atoms with E-state index in [0.29, 0.717) is 0 Å². The normalized spacial score (nSPS) is 14.6. The van der Waals surface area contributed by atoms with Crippen molar-refractivity contribution in [1.82, 2.24) is 0 Å². The number of rotatable bonds is 2. The van der Waals surface area contributed by atoms with Crippen LogP contribution in [0.5, 0.6) is 0 Å². The molecule has 0 fully saturated rings. The predicted octanol–water partition coefficient (Wildman–Crippen LogP) is 1.90. The largest absolute Gasteiger partial charge is 0.483 e. The fourth-order valence-corrected chi connectivity index (χ4v) is 1.13. The molecule has 1 unspecified atom stereocenters. The first-order chi connectivity index (χ1) is 4.83. The summed E-state index contributed by atoms with van der Waals surface area (Å²) in [5.41, 5.74) is 0. The maximum Gasteiger partial charge on any atom is 0.364 e. The monoisotopic (exact) mass is 186 g/mol. The molecule has 0 spiro atoms. The van der Waals surface area contributed by atoms with Crippen LogP contribution in [-0.2, 0) is 13.9 Å². The van der Waals surface area contributed by atoms with Crippen molar-refractivity contribution in [2.24, 2.45) is 0 Å². The quantitative estimate of drug-likeness (QED) is 0.528. The van der Waals surface area contributed by atoms with Crippen LogP contribution in [0.3, 0.4) is 0 Å². The minimum atomic E-state index is -3.72. The van der Waals surface area contributed by atoms with Gasteiger partial charge in [-0.05, 0) is 13.8 Å². The maximum absolute atomic E-state index is 12.0. The average Bonchev–Trinajstić information content (AvgIpc) is 1.57. The van der Waals surface area contributed by atoms with Gasteiger partial charge in [0.05, 0.1) is 6.10 Å². The molecule has 0 aliphatic carbocycles. The van der Waals surface area contributed by atoms with Crippen molar-refractivity contribution in [3.63, 3.8) is 0 Å². The highest BCUT2D eigenvalue weighted by Gasteiger charge is 2.13. The van der Waals surface area contributed by atoms with Crippen molar-refractivity contribution in [2.45, 2.75) is 20.0 Å². The van der Waals surface area contributed by atoms with E-state index in [0.717, 1.165) is 6.66 Å². The van der Waals surface area contributed by atoms with Crippen LogP contribution in [0.1, 0.15) is 13.8 Å². The first kappa shape index (κ1) is 13.2. The third-order valence-electron chi connectivity index (χ3n) is 0.399. The van der Waals surface area contributed by atoms with Crippen LogP contribution < -0.4 is 0 Å². The Hall–Kier alpha value is -0.410. The summed E-state index contributed by atoms with van der Waals surface area (Å²) in [4.78, 5) is 8.36. The lowest BCUT2D eigenvalue weighted by molar-refractivity contribution is -0.122. The summed E-state index contributed by atoms with van der Waals surface area (Å²) in [6.07, 6.45) is -0.296. The molecule has 1 N–H and O–H groups in total. The van der Waals surface area contributed by atoms with Crippen molar-refractivity contribution in [3.8, 4) is 0 Å². The van der Waals surface area contributed by atoms with Gasteiger partial charge in [0.2, 0.25) is 0 Å². The Kier molecular flexibility index (Phi) is 7.57. The standard InChI is InChI=1S/C4H10FO2P.CH2O2/c1-4(2)7-8(3,5)6;2-1-3/h4H,1-3H3;1H,(H,2,3). The number of hydrogen-bond donors (Lipinski definition) is 1. The second-order valence-electron chi connectivity index (χ2n) is 2.01. The molecule has 0 aromatic heterocycles. The van der Waals surface area contributed by atoms with Gasteiger partial charge in [-0.2, -0.15) is 4.20 Å². The molecule has 0 aliphatic rings. The van der Waals surface area contributed by atoms with Crippen molar-refractivity contribution in [3.05, 3.63) is 0 Å². The van der Waals surface area contributed by atoms with Gasteiger partial charge in [-0.1, -0.05) is 0 Å². The van der Waals surface area contributed by atoms with Crippen molar-refractivity contribution >= 4 is 14.2 Å². The topological polar surface area (TPSA) is 63.6 Å². The fourth-order valence-electron chi connectivity index (χ4n) is 0.377. The Balaban J connectivity index is 0. The summed E-state index contributed by atoms with van der Waals surface area (Å²) >= 11 is 0. The summed E-state index contributed by atoms with van der Waals surface area (Å²) in [7, 11) is -3.72. The van der Waals surface area contributed by atoms with Crippen LogP contribution >= 0.6 is 7.68 Å². The van der Waals surface area contributed by atoms with Crippen molar-refractivity contribution in [2.75, 3.05) is 6.66 Å². The molecule has 11 heavy (non-hydrogen) atoms. The molecular weight excluding hydrogens is 174 g/mol. The number of hydrogen-bond acceptors (Lipinski definition) is 3. The molecule has 0 rings (SSSR count). The Labute approximate surface area is 64.9 Å². The molecule has 0 aromatic rings. The molecule has 4 nitrogen and oxygen atoms in total. The number of carboxylic acid groups (broad SMARTS) is 1. The van der Waals surface area contributed by atoms with E-state index in [1.807, 2.05) is 0 Å². The van der Waals surface area contributed by atoms with E-state index in [-0.39, 0.29) is 12.6 Å². The van der Waals surface area contributed by atoms with Crippen LogP contribution in [-0.4, -0.2) is 24.3 Å². The zero-order chi connectivity index (χ0) is 9.49. The number of halogens is 1. The Bertz CT molecular complexity index is 141. The fraction of sp³-hybridized carbons (Fsp3) is 0.800. The van der Waals surface area contributed by atoms with Gasteiger partial charge in [-0.3, -0.25) is 9.36 Å². The van der Waals surface area contributed by atoms with Crippen LogP contribution in [0.2, 0.25) is 0 Å². The molecule has 0 radical (unpaired) electrons. The van der Waals surface area contributed by atoms with Crippen LogP contribution in [0.4, 0.5) is 4.20 Å². The Morgan fingerprint density at radius 1 is 1.64 bits per heavy atom. The summed E-state index contributed by atoms with van der Waals surface area (Å²) in [5, 5.41) is 6.89. The van der Waals surface area contributed by atoms with Gasteiger partial charge in [0.25, 0.3) is 6.47 Å². The van der Waals surface area contributed by atoms with E-state index in [2.05, 4.69) is 4.52 Å². The second-order valence-corrected chi connectivity index (χ2v) is 3.71. The molecular formula is C5H12FO4P. The van der Waals surface area contributed by atoms with Gasteiger partial charge in [0.15, 0.2) is 0 Å². The molecule has 68 valence electrons. The smallest absolute Gasteiger partial charge is 0.364 e. The van der Waals surface area contributed by atoms with Crippen molar-refractivity contribution in [1.29, 1.82) is 0 Å². The van der Waals surface area contributed by atoms with Crippen LogP contribution in [0.25, 0.3) is 0 Å². The molecule has 6 heteroatoms. The first-order valence-corrected chi connectivity index (χ1v) is 4.83. The van der Waals surface area contributed by atoms with Gasteiger partial charge >= 0.3 is 7.68 Å².